The molecule has 0 aliphatic carbocycles. The topological polar surface area (TPSA) is 181 Å². The number of carbonyl (C=O) groups excluding carboxylic acids is 4. The fraction of sp³-hybridized carbons (Fsp3) is 0.292. The zero-order valence-electron chi connectivity index (χ0n) is 35.3. The standard InChI is InChI=1S/C48H43ClF3N7O7/c49-35-15-18-38-39(26-35)55-47(54-38)59-46(64)37(43(57-59)32-11-13-34(14-12-32)48(50,51)52)17-9-30-7-5-29(6-8-30)3-1-23-66-28-42(61)53-21-24-65-22-2-4-31-10-16-36-33(25-31)27-58(45(36)63)40-19-20-41(60)56-44(40)62/h5-8,10-16,18,25-26,40,64H,1,3,9,17,19-24,27-28H2,(H,53,61)(H,54,55)(H,56,60,62). The van der Waals surface area contributed by atoms with E-state index < -0.39 is 23.7 Å². The molecule has 4 N–H and O–H groups in total. The Labute approximate surface area is 381 Å². The molecular weight excluding hydrogens is 879 g/mol. The van der Waals surface area contributed by atoms with E-state index in [-0.39, 0.29) is 68.9 Å². The molecule has 1 unspecified atom stereocenters. The van der Waals surface area contributed by atoms with Crippen LogP contribution in [0.4, 0.5) is 13.2 Å². The first-order valence-electron chi connectivity index (χ1n) is 21.2. The second kappa shape index (κ2) is 20.0. The van der Waals surface area contributed by atoms with Crippen LogP contribution in [0.25, 0.3) is 28.2 Å². The van der Waals surface area contributed by atoms with Crippen LogP contribution in [0.2, 0.25) is 5.02 Å². The molecule has 8 rings (SSSR count). The number of H-pyrrole nitrogens is 1. The molecule has 1 atom stereocenters. The van der Waals surface area contributed by atoms with Gasteiger partial charge in [-0.1, -0.05) is 59.8 Å². The highest BCUT2D eigenvalue weighted by atomic mass is 35.5. The van der Waals surface area contributed by atoms with Gasteiger partial charge in [0.25, 0.3) is 5.91 Å². The van der Waals surface area contributed by atoms with Gasteiger partial charge in [-0.15, -0.1) is 0 Å². The number of hydrogen-bond donors (Lipinski definition) is 4. The Kier molecular flexibility index (Phi) is 13.8. The van der Waals surface area contributed by atoms with E-state index in [0.29, 0.717) is 76.3 Å². The highest BCUT2D eigenvalue weighted by molar-refractivity contribution is 6.31. The molecule has 2 aliphatic heterocycles. The summed E-state index contributed by atoms with van der Waals surface area (Å²) in [6, 6.07) is 22.3. The molecule has 2 aromatic heterocycles. The Morgan fingerprint density at radius 3 is 2.47 bits per heavy atom. The predicted molar refractivity (Wildman–Crippen MR) is 237 cm³/mol. The average Bonchev–Trinajstić information content (AvgIpc) is 3.97. The van der Waals surface area contributed by atoms with Gasteiger partial charge in [-0.2, -0.15) is 23.0 Å². The smallest absolute Gasteiger partial charge is 0.416 e. The van der Waals surface area contributed by atoms with E-state index >= 15 is 0 Å². The molecule has 4 amide bonds. The summed E-state index contributed by atoms with van der Waals surface area (Å²) in [6.45, 7) is 1.21. The number of nitrogens with zero attached hydrogens (tertiary/aromatic N) is 4. The monoisotopic (exact) mass is 921 g/mol. The summed E-state index contributed by atoms with van der Waals surface area (Å²) in [5.74, 6) is 4.67. The first kappa shape index (κ1) is 45.6. The van der Waals surface area contributed by atoms with Gasteiger partial charge in [-0.05, 0) is 97.3 Å². The molecule has 4 heterocycles. The van der Waals surface area contributed by atoms with Crippen LogP contribution in [0.15, 0.2) is 84.9 Å². The van der Waals surface area contributed by atoms with Crippen LogP contribution in [0.5, 0.6) is 5.88 Å². The third-order valence-corrected chi connectivity index (χ3v) is 11.5. The number of aromatic nitrogens is 4. The van der Waals surface area contributed by atoms with Crippen molar-refractivity contribution in [3.63, 3.8) is 0 Å². The van der Waals surface area contributed by atoms with E-state index in [2.05, 4.69) is 37.5 Å². The number of piperidine rings is 1. The lowest BCUT2D eigenvalue weighted by Gasteiger charge is -2.29. The van der Waals surface area contributed by atoms with Gasteiger partial charge < -0.3 is 29.8 Å². The number of aryl methyl sites for hydroxylation is 2. The molecule has 0 spiro atoms. The van der Waals surface area contributed by atoms with Crippen LogP contribution in [0, 0.1) is 11.8 Å². The van der Waals surface area contributed by atoms with Crippen molar-refractivity contribution in [3.05, 3.63) is 129 Å². The number of hydrogen-bond acceptors (Lipinski definition) is 9. The number of nitrogens with one attached hydrogen (secondary N) is 3. The second-order valence-electron chi connectivity index (χ2n) is 15.8. The minimum Gasteiger partial charge on any atom is -0.493 e. The van der Waals surface area contributed by atoms with Gasteiger partial charge in [0.2, 0.25) is 29.5 Å². The minimum atomic E-state index is -4.50. The number of fused-ring (bicyclic) bond motifs is 2. The molecule has 0 saturated carbocycles. The number of aromatic hydroxyl groups is 1. The molecule has 14 nitrogen and oxygen atoms in total. The average molecular weight is 922 g/mol. The van der Waals surface area contributed by atoms with Crippen molar-refractivity contribution in [2.45, 2.75) is 57.3 Å². The summed E-state index contributed by atoms with van der Waals surface area (Å²) in [4.78, 5) is 58.1. The molecule has 340 valence electrons. The summed E-state index contributed by atoms with van der Waals surface area (Å²) in [7, 11) is 0. The zero-order chi connectivity index (χ0) is 46.4. The molecule has 66 heavy (non-hydrogen) atoms. The highest BCUT2D eigenvalue weighted by Gasteiger charge is 2.39. The SMILES string of the molecule is O=C(COCCCc1ccc(CCc2c(-c3ccc(C(F)(F)F)cc3)nn(-c3nc4cc(Cl)ccc4[nH]3)c2O)cc1)NCCOCC#Cc1ccc2c(c1)CN(C1CCC(=O)NC1=O)C2=O. The minimum absolute atomic E-state index is 0.0941. The zero-order valence-corrected chi connectivity index (χ0v) is 36.1. The normalized spacial score (nSPS) is 14.9. The van der Waals surface area contributed by atoms with Crippen LogP contribution in [-0.2, 0) is 55.8 Å². The molecule has 18 heteroatoms. The molecule has 0 bridgehead atoms. The summed E-state index contributed by atoms with van der Waals surface area (Å²) in [6.07, 6.45) is -1.77. The molecule has 1 saturated heterocycles. The van der Waals surface area contributed by atoms with E-state index in [9.17, 15) is 37.5 Å². The third-order valence-electron chi connectivity index (χ3n) is 11.2. The van der Waals surface area contributed by atoms with E-state index in [1.807, 2.05) is 30.3 Å². The van der Waals surface area contributed by atoms with Gasteiger partial charge in [-0.3, -0.25) is 24.5 Å². The molecule has 1 fully saturated rings. The summed E-state index contributed by atoms with van der Waals surface area (Å²) in [5, 5.41) is 21.6. The Morgan fingerprint density at radius 1 is 0.939 bits per heavy atom. The first-order valence-corrected chi connectivity index (χ1v) is 21.6. The molecular formula is C48H43ClF3N7O7. The fourth-order valence-corrected chi connectivity index (χ4v) is 8.01. The van der Waals surface area contributed by atoms with Crippen molar-refractivity contribution < 1.29 is 46.9 Å². The summed E-state index contributed by atoms with van der Waals surface area (Å²) >= 11 is 6.14. The van der Waals surface area contributed by atoms with Crippen LogP contribution in [0.3, 0.4) is 0 Å². The van der Waals surface area contributed by atoms with Gasteiger partial charge >= 0.3 is 6.18 Å². The number of carbonyl (C=O) groups is 4. The number of imide groups is 1. The molecule has 6 aromatic rings. The Hall–Kier alpha value is -7.00. The number of rotatable bonds is 16. The Bertz CT molecular complexity index is 2850. The van der Waals surface area contributed by atoms with Crippen molar-refractivity contribution in [3.8, 4) is 34.9 Å². The lowest BCUT2D eigenvalue weighted by Crippen LogP contribution is -2.52. The quantitative estimate of drug-likeness (QED) is 0.0481. The second-order valence-corrected chi connectivity index (χ2v) is 16.2. The summed E-state index contributed by atoms with van der Waals surface area (Å²) < 4.78 is 52.4. The predicted octanol–water partition coefficient (Wildman–Crippen LogP) is 6.47. The van der Waals surface area contributed by atoms with Gasteiger partial charge in [0, 0.05) is 53.4 Å². The molecule has 2 aliphatic rings. The number of benzene rings is 4. The van der Waals surface area contributed by atoms with Crippen LogP contribution >= 0.6 is 11.6 Å². The molecule has 0 radical (unpaired) electrons. The maximum atomic E-state index is 13.3. The fourth-order valence-electron chi connectivity index (χ4n) is 7.85. The number of halogens is 4. The lowest BCUT2D eigenvalue weighted by atomic mass is 9.99. The van der Waals surface area contributed by atoms with Crippen molar-refractivity contribution in [2.24, 2.45) is 0 Å². The van der Waals surface area contributed by atoms with Crippen LogP contribution < -0.4 is 10.6 Å². The van der Waals surface area contributed by atoms with Gasteiger partial charge in [0.05, 0.1) is 23.2 Å². The van der Waals surface area contributed by atoms with E-state index in [1.54, 1.807) is 30.3 Å². The van der Waals surface area contributed by atoms with Crippen molar-refractivity contribution in [1.29, 1.82) is 0 Å². The van der Waals surface area contributed by atoms with Gasteiger partial charge in [0.15, 0.2) is 0 Å². The van der Waals surface area contributed by atoms with E-state index in [4.69, 9.17) is 21.1 Å². The number of ether oxygens (including phenoxy) is 2. The van der Waals surface area contributed by atoms with Crippen LogP contribution in [0.1, 0.15) is 63.0 Å². The largest absolute Gasteiger partial charge is 0.493 e. The lowest BCUT2D eigenvalue weighted by molar-refractivity contribution is -0.138. The highest BCUT2D eigenvalue weighted by Crippen LogP contribution is 2.36. The van der Waals surface area contributed by atoms with Crippen molar-refractivity contribution in [2.75, 3.05) is 33.0 Å². The maximum absolute atomic E-state index is 13.3. The Balaban J connectivity index is 0.745. The third kappa shape index (κ3) is 10.7. The number of amides is 4. The summed E-state index contributed by atoms with van der Waals surface area (Å²) in [5.41, 5.74) is 5.65. The van der Waals surface area contributed by atoms with E-state index in [0.717, 1.165) is 35.2 Å². The number of imidazole rings is 1. The number of aromatic amines is 1. The Morgan fingerprint density at radius 2 is 1.71 bits per heavy atom. The van der Waals surface area contributed by atoms with Gasteiger partial charge in [-0.25, -0.2) is 4.98 Å². The van der Waals surface area contributed by atoms with Gasteiger partial charge in [0.1, 0.15) is 24.9 Å². The van der Waals surface area contributed by atoms with Crippen molar-refractivity contribution in [1.82, 2.24) is 35.3 Å². The molecule has 4 aromatic carbocycles. The number of alkyl halides is 3. The van der Waals surface area contributed by atoms with E-state index in [1.165, 1.54) is 21.7 Å². The van der Waals surface area contributed by atoms with Crippen molar-refractivity contribution >= 4 is 46.3 Å². The van der Waals surface area contributed by atoms with Crippen LogP contribution in [-0.4, -0.2) is 92.4 Å². The maximum Gasteiger partial charge on any atom is 0.416 e. The first-order chi connectivity index (χ1) is 31.8.